The van der Waals surface area contributed by atoms with E-state index in [0.717, 1.165) is 11.1 Å². The van der Waals surface area contributed by atoms with Crippen LogP contribution in [0.5, 0.6) is 0 Å². The van der Waals surface area contributed by atoms with Gasteiger partial charge in [0.05, 0.1) is 23.4 Å². The van der Waals surface area contributed by atoms with Gasteiger partial charge in [0.25, 0.3) is 11.8 Å². The SMILES string of the molecule is COC(=O)c1ccc(/C=C2/C(=O)NN(c3ccc(F)c(Cl)c3)C2=O)cc1. The number of benzene rings is 2. The van der Waals surface area contributed by atoms with Gasteiger partial charge in [-0.1, -0.05) is 23.7 Å². The number of rotatable bonds is 3. The summed E-state index contributed by atoms with van der Waals surface area (Å²) in [7, 11) is 1.27. The van der Waals surface area contributed by atoms with E-state index in [0.29, 0.717) is 11.1 Å². The highest BCUT2D eigenvalue weighted by Gasteiger charge is 2.34. The molecule has 3 rings (SSSR count). The van der Waals surface area contributed by atoms with Gasteiger partial charge < -0.3 is 4.74 Å². The lowest BCUT2D eigenvalue weighted by Gasteiger charge is -2.14. The Hall–Kier alpha value is -3.19. The van der Waals surface area contributed by atoms with E-state index in [9.17, 15) is 18.8 Å². The molecule has 0 spiro atoms. The normalized spacial score (nSPS) is 15.3. The van der Waals surface area contributed by atoms with Crippen LogP contribution in [0.2, 0.25) is 5.02 Å². The molecule has 0 atom stereocenters. The van der Waals surface area contributed by atoms with Crippen LogP contribution < -0.4 is 10.4 Å². The number of nitrogens with one attached hydrogen (secondary N) is 1. The molecule has 0 bridgehead atoms. The zero-order valence-electron chi connectivity index (χ0n) is 13.5. The molecule has 2 amide bonds. The van der Waals surface area contributed by atoms with Crippen LogP contribution >= 0.6 is 11.6 Å². The van der Waals surface area contributed by atoms with Crippen LogP contribution in [0.4, 0.5) is 10.1 Å². The molecule has 0 radical (unpaired) electrons. The Morgan fingerprint density at radius 2 is 1.88 bits per heavy atom. The maximum absolute atomic E-state index is 13.3. The lowest BCUT2D eigenvalue weighted by molar-refractivity contribution is -0.117. The van der Waals surface area contributed by atoms with E-state index in [1.54, 1.807) is 12.1 Å². The van der Waals surface area contributed by atoms with Gasteiger partial charge in [-0.15, -0.1) is 0 Å². The smallest absolute Gasteiger partial charge is 0.337 e. The summed E-state index contributed by atoms with van der Waals surface area (Å²) >= 11 is 5.72. The van der Waals surface area contributed by atoms with E-state index >= 15 is 0 Å². The minimum absolute atomic E-state index is 0.101. The summed E-state index contributed by atoms with van der Waals surface area (Å²) in [5, 5.41) is 0.822. The molecule has 0 aromatic heterocycles. The summed E-state index contributed by atoms with van der Waals surface area (Å²) in [5.74, 6) is -2.32. The maximum Gasteiger partial charge on any atom is 0.337 e. The van der Waals surface area contributed by atoms with Crippen LogP contribution in [0.25, 0.3) is 6.08 Å². The third-order valence-corrected chi connectivity index (χ3v) is 3.99. The maximum atomic E-state index is 13.3. The summed E-state index contributed by atoms with van der Waals surface area (Å²) < 4.78 is 17.9. The van der Waals surface area contributed by atoms with E-state index in [4.69, 9.17) is 11.6 Å². The zero-order valence-corrected chi connectivity index (χ0v) is 14.2. The molecular formula is C18H12ClFN2O4. The van der Waals surface area contributed by atoms with Crippen molar-refractivity contribution < 1.29 is 23.5 Å². The monoisotopic (exact) mass is 374 g/mol. The molecule has 132 valence electrons. The van der Waals surface area contributed by atoms with Crippen molar-refractivity contribution in [3.8, 4) is 0 Å². The topological polar surface area (TPSA) is 75.7 Å². The largest absolute Gasteiger partial charge is 0.465 e. The molecule has 8 heteroatoms. The molecule has 6 nitrogen and oxygen atoms in total. The van der Waals surface area contributed by atoms with Crippen molar-refractivity contribution in [3.05, 3.63) is 70.0 Å². The van der Waals surface area contributed by atoms with Gasteiger partial charge >= 0.3 is 5.97 Å². The first-order valence-corrected chi connectivity index (χ1v) is 7.79. The number of ether oxygens (including phenoxy) is 1. The van der Waals surface area contributed by atoms with Crippen molar-refractivity contribution >= 4 is 41.1 Å². The Bertz CT molecular complexity index is 941. The van der Waals surface area contributed by atoms with Crippen molar-refractivity contribution in [1.29, 1.82) is 0 Å². The molecule has 1 aliphatic rings. The second-order valence-corrected chi connectivity index (χ2v) is 5.76. The third kappa shape index (κ3) is 3.29. The number of methoxy groups -OCH3 is 1. The van der Waals surface area contributed by atoms with Crippen LogP contribution in [-0.4, -0.2) is 24.9 Å². The van der Waals surface area contributed by atoms with Crippen molar-refractivity contribution in [3.63, 3.8) is 0 Å². The molecule has 1 saturated heterocycles. The molecular weight excluding hydrogens is 363 g/mol. The van der Waals surface area contributed by atoms with E-state index < -0.39 is 23.6 Å². The van der Waals surface area contributed by atoms with Crippen molar-refractivity contribution in [2.75, 3.05) is 12.1 Å². The number of anilines is 1. The second kappa shape index (κ2) is 6.97. The van der Waals surface area contributed by atoms with Gasteiger partial charge in [0.15, 0.2) is 0 Å². The number of hydrogen-bond donors (Lipinski definition) is 1. The van der Waals surface area contributed by atoms with Crippen molar-refractivity contribution in [2.45, 2.75) is 0 Å². The van der Waals surface area contributed by atoms with Gasteiger partial charge in [0, 0.05) is 0 Å². The van der Waals surface area contributed by atoms with Crippen LogP contribution in [0.1, 0.15) is 15.9 Å². The average Bonchev–Trinajstić information content (AvgIpc) is 2.92. The molecule has 0 saturated carbocycles. The Morgan fingerprint density at radius 1 is 1.19 bits per heavy atom. The van der Waals surface area contributed by atoms with Gasteiger partial charge in [-0.25, -0.2) is 14.2 Å². The molecule has 0 unspecified atom stereocenters. The standard InChI is InChI=1S/C18H12ClFN2O4/c1-26-18(25)11-4-2-10(3-5-11)8-13-16(23)21-22(17(13)24)12-6-7-15(20)14(19)9-12/h2-9H,1H3,(H,21,23)/b13-8-. The summed E-state index contributed by atoms with van der Waals surface area (Å²) in [5.41, 5.74) is 3.43. The van der Waals surface area contributed by atoms with Gasteiger partial charge in [-0.3, -0.25) is 15.0 Å². The number of amides is 2. The lowest BCUT2D eigenvalue weighted by atomic mass is 10.1. The Balaban J connectivity index is 1.87. The van der Waals surface area contributed by atoms with Crippen LogP contribution in [0.15, 0.2) is 48.0 Å². The van der Waals surface area contributed by atoms with Crippen molar-refractivity contribution in [2.24, 2.45) is 0 Å². The summed E-state index contributed by atoms with van der Waals surface area (Å²) in [6.45, 7) is 0. The van der Waals surface area contributed by atoms with Gasteiger partial charge in [0.1, 0.15) is 11.4 Å². The first-order chi connectivity index (χ1) is 12.4. The fourth-order valence-corrected chi connectivity index (χ4v) is 2.54. The predicted octanol–water partition coefficient (Wildman–Crippen LogP) is 2.73. The molecule has 1 N–H and O–H groups in total. The highest BCUT2D eigenvalue weighted by Crippen LogP contribution is 2.26. The number of esters is 1. The van der Waals surface area contributed by atoms with E-state index in [-0.39, 0.29) is 16.3 Å². The summed E-state index contributed by atoms with van der Waals surface area (Å²) in [4.78, 5) is 36.0. The minimum atomic E-state index is -0.630. The van der Waals surface area contributed by atoms with E-state index in [1.807, 2.05) is 0 Å². The highest BCUT2D eigenvalue weighted by molar-refractivity contribution is 6.33. The first kappa shape index (κ1) is 17.6. The molecule has 1 heterocycles. The number of nitrogens with zero attached hydrogens (tertiary/aromatic N) is 1. The molecule has 2 aromatic rings. The van der Waals surface area contributed by atoms with Gasteiger partial charge in [-0.2, -0.15) is 0 Å². The Morgan fingerprint density at radius 3 is 2.50 bits per heavy atom. The van der Waals surface area contributed by atoms with Crippen LogP contribution in [0, 0.1) is 5.82 Å². The van der Waals surface area contributed by atoms with Gasteiger partial charge in [-0.05, 0) is 42.0 Å². The van der Waals surface area contributed by atoms with Gasteiger partial charge in [0.2, 0.25) is 0 Å². The average molecular weight is 375 g/mol. The zero-order chi connectivity index (χ0) is 18.8. The minimum Gasteiger partial charge on any atom is -0.465 e. The highest BCUT2D eigenvalue weighted by atomic mass is 35.5. The number of carbonyl (C=O) groups is 3. The molecule has 0 aliphatic carbocycles. The first-order valence-electron chi connectivity index (χ1n) is 7.41. The number of halogens is 2. The number of carbonyl (C=O) groups excluding carboxylic acids is 3. The lowest BCUT2D eigenvalue weighted by Crippen LogP contribution is -2.35. The number of hydrogen-bond acceptors (Lipinski definition) is 4. The number of hydrazine groups is 1. The summed E-state index contributed by atoms with van der Waals surface area (Å²) in [6, 6.07) is 9.87. The summed E-state index contributed by atoms with van der Waals surface area (Å²) in [6.07, 6.45) is 1.39. The Labute approximate surface area is 152 Å². The quantitative estimate of drug-likeness (QED) is 0.509. The third-order valence-electron chi connectivity index (χ3n) is 3.70. The van der Waals surface area contributed by atoms with Crippen molar-refractivity contribution in [1.82, 2.24) is 5.43 Å². The second-order valence-electron chi connectivity index (χ2n) is 5.35. The fourth-order valence-electron chi connectivity index (χ4n) is 2.36. The van der Waals surface area contributed by atoms with Crippen LogP contribution in [-0.2, 0) is 14.3 Å². The van der Waals surface area contributed by atoms with Crippen LogP contribution in [0.3, 0.4) is 0 Å². The Kier molecular flexibility index (Phi) is 4.73. The molecule has 2 aromatic carbocycles. The molecule has 1 aliphatic heterocycles. The molecule has 26 heavy (non-hydrogen) atoms. The molecule has 1 fully saturated rings. The predicted molar refractivity (Wildman–Crippen MR) is 92.8 cm³/mol. The van der Waals surface area contributed by atoms with E-state index in [2.05, 4.69) is 10.2 Å². The van der Waals surface area contributed by atoms with E-state index in [1.165, 1.54) is 37.5 Å². The fraction of sp³-hybridized carbons (Fsp3) is 0.0556.